The molecule has 0 heterocycles. The predicted molar refractivity (Wildman–Crippen MR) is 118 cm³/mol. The van der Waals surface area contributed by atoms with E-state index in [1.165, 1.54) is 5.56 Å². The van der Waals surface area contributed by atoms with Gasteiger partial charge in [0.1, 0.15) is 0 Å². The van der Waals surface area contributed by atoms with Crippen molar-refractivity contribution in [3.8, 4) is 0 Å². The lowest BCUT2D eigenvalue weighted by Gasteiger charge is -2.07. The van der Waals surface area contributed by atoms with E-state index in [-0.39, 0.29) is 29.9 Å². The van der Waals surface area contributed by atoms with Gasteiger partial charge in [-0.25, -0.2) is 4.99 Å². The number of nitrogens with two attached hydrogens (primary N) is 1. The van der Waals surface area contributed by atoms with Crippen LogP contribution >= 0.6 is 24.0 Å². The summed E-state index contributed by atoms with van der Waals surface area (Å²) in [5.41, 5.74) is 8.77. The van der Waals surface area contributed by atoms with Crippen LogP contribution in [0, 0.1) is 0 Å². The molecule has 0 fully saturated rings. The number of carbonyl (C=O) groups is 1. The van der Waals surface area contributed by atoms with Gasteiger partial charge in [-0.1, -0.05) is 49.4 Å². The van der Waals surface area contributed by atoms with Gasteiger partial charge < -0.3 is 16.4 Å². The first-order chi connectivity index (χ1) is 12.2. The molecule has 4 N–H and O–H groups in total. The fourth-order valence-electron chi connectivity index (χ4n) is 2.36. The summed E-state index contributed by atoms with van der Waals surface area (Å²) in [6, 6.07) is 17.7. The normalized spacial score (nSPS) is 10.7. The van der Waals surface area contributed by atoms with E-state index in [4.69, 9.17) is 5.73 Å². The van der Waals surface area contributed by atoms with Crippen LogP contribution in [0.4, 0.5) is 0 Å². The Bertz CT molecular complexity index is 704. The van der Waals surface area contributed by atoms with Crippen LogP contribution in [-0.4, -0.2) is 25.0 Å². The van der Waals surface area contributed by atoms with Gasteiger partial charge in [0.2, 0.25) is 0 Å². The average Bonchev–Trinajstić information content (AvgIpc) is 2.65. The predicted octanol–water partition coefficient (Wildman–Crippen LogP) is 3.09. The number of hydrogen-bond acceptors (Lipinski definition) is 2. The quantitative estimate of drug-likeness (QED) is 0.318. The number of carbonyl (C=O) groups excluding carboxylic acids is 1. The van der Waals surface area contributed by atoms with Crippen LogP contribution in [0.5, 0.6) is 0 Å². The fourth-order valence-corrected chi connectivity index (χ4v) is 2.36. The molecule has 0 aliphatic rings. The SMILES string of the molecule is CCCNC(=O)c1cccc(CN=C(N)NCCc2ccccc2)c1.I. The Kier molecular flexibility index (Phi) is 10.4. The molecular formula is C20H27IN4O. The highest BCUT2D eigenvalue weighted by atomic mass is 127. The largest absolute Gasteiger partial charge is 0.370 e. The molecule has 0 radical (unpaired) electrons. The Hall–Kier alpha value is -2.09. The lowest BCUT2D eigenvalue weighted by Crippen LogP contribution is -2.33. The molecule has 0 saturated carbocycles. The molecule has 140 valence electrons. The number of amides is 1. The maximum absolute atomic E-state index is 12.0. The topological polar surface area (TPSA) is 79.5 Å². The molecule has 2 aromatic carbocycles. The van der Waals surface area contributed by atoms with E-state index in [0.717, 1.165) is 24.9 Å². The monoisotopic (exact) mass is 466 g/mol. The summed E-state index contributed by atoms with van der Waals surface area (Å²) in [7, 11) is 0. The summed E-state index contributed by atoms with van der Waals surface area (Å²) < 4.78 is 0. The van der Waals surface area contributed by atoms with Gasteiger partial charge >= 0.3 is 0 Å². The number of halogens is 1. The average molecular weight is 466 g/mol. The summed E-state index contributed by atoms with van der Waals surface area (Å²) in [5, 5.41) is 5.99. The van der Waals surface area contributed by atoms with Gasteiger partial charge in [-0.15, -0.1) is 24.0 Å². The van der Waals surface area contributed by atoms with E-state index < -0.39 is 0 Å². The second-order valence-corrected chi connectivity index (χ2v) is 5.82. The van der Waals surface area contributed by atoms with E-state index in [1.807, 2.05) is 43.3 Å². The van der Waals surface area contributed by atoms with Crippen LogP contribution in [0.15, 0.2) is 59.6 Å². The first-order valence-corrected chi connectivity index (χ1v) is 8.64. The minimum Gasteiger partial charge on any atom is -0.370 e. The summed E-state index contributed by atoms with van der Waals surface area (Å²) in [6.45, 7) is 3.89. The highest BCUT2D eigenvalue weighted by Gasteiger charge is 2.05. The van der Waals surface area contributed by atoms with Crippen molar-refractivity contribution in [1.29, 1.82) is 0 Å². The van der Waals surface area contributed by atoms with Gasteiger partial charge in [0.15, 0.2) is 5.96 Å². The van der Waals surface area contributed by atoms with Crippen molar-refractivity contribution in [3.63, 3.8) is 0 Å². The highest BCUT2D eigenvalue weighted by molar-refractivity contribution is 14.0. The lowest BCUT2D eigenvalue weighted by molar-refractivity contribution is 0.0953. The molecule has 0 aliphatic carbocycles. The lowest BCUT2D eigenvalue weighted by atomic mass is 10.1. The molecule has 0 aromatic heterocycles. The molecular weight excluding hydrogens is 439 g/mol. The zero-order chi connectivity index (χ0) is 17.9. The molecule has 26 heavy (non-hydrogen) atoms. The summed E-state index contributed by atoms with van der Waals surface area (Å²) in [5.74, 6) is 0.360. The number of nitrogens with one attached hydrogen (secondary N) is 2. The van der Waals surface area contributed by atoms with Gasteiger partial charge in [-0.2, -0.15) is 0 Å². The molecule has 2 aromatic rings. The summed E-state index contributed by atoms with van der Waals surface area (Å²) in [6.07, 6.45) is 1.81. The highest BCUT2D eigenvalue weighted by Crippen LogP contribution is 2.07. The van der Waals surface area contributed by atoms with Gasteiger partial charge in [0, 0.05) is 18.7 Å². The van der Waals surface area contributed by atoms with Crippen molar-refractivity contribution >= 4 is 35.8 Å². The van der Waals surface area contributed by atoms with Crippen molar-refractivity contribution in [3.05, 3.63) is 71.3 Å². The van der Waals surface area contributed by atoms with Crippen molar-refractivity contribution in [2.24, 2.45) is 10.7 Å². The van der Waals surface area contributed by atoms with Crippen LogP contribution in [-0.2, 0) is 13.0 Å². The minimum absolute atomic E-state index is 0. The van der Waals surface area contributed by atoms with E-state index >= 15 is 0 Å². The first-order valence-electron chi connectivity index (χ1n) is 8.64. The van der Waals surface area contributed by atoms with Gasteiger partial charge in [-0.3, -0.25) is 4.79 Å². The fraction of sp³-hybridized carbons (Fsp3) is 0.300. The standard InChI is InChI=1S/C20H26N4O.HI/c1-2-12-22-19(25)18-10-6-9-17(14-18)15-24-20(21)23-13-11-16-7-4-3-5-8-16;/h3-10,14H,2,11-13,15H2,1H3,(H,22,25)(H3,21,23,24);1H. The van der Waals surface area contributed by atoms with Crippen LogP contribution in [0.25, 0.3) is 0 Å². The third kappa shape index (κ3) is 7.86. The molecule has 0 aliphatic heterocycles. The zero-order valence-electron chi connectivity index (χ0n) is 15.1. The van der Waals surface area contributed by atoms with Crippen LogP contribution in [0.2, 0.25) is 0 Å². The van der Waals surface area contributed by atoms with Crippen molar-refractivity contribution in [2.45, 2.75) is 26.3 Å². The van der Waals surface area contributed by atoms with Crippen LogP contribution < -0.4 is 16.4 Å². The zero-order valence-corrected chi connectivity index (χ0v) is 17.4. The van der Waals surface area contributed by atoms with Crippen LogP contribution in [0.1, 0.15) is 34.8 Å². The Morgan fingerprint density at radius 2 is 1.73 bits per heavy atom. The first kappa shape index (κ1) is 22.0. The van der Waals surface area contributed by atoms with Crippen molar-refractivity contribution < 1.29 is 4.79 Å². The van der Waals surface area contributed by atoms with Crippen LogP contribution in [0.3, 0.4) is 0 Å². The molecule has 0 unspecified atom stereocenters. The van der Waals surface area contributed by atoms with Crippen molar-refractivity contribution in [2.75, 3.05) is 13.1 Å². The Labute approximate surface area is 172 Å². The minimum atomic E-state index is -0.0540. The smallest absolute Gasteiger partial charge is 0.251 e. The number of rotatable bonds is 8. The maximum atomic E-state index is 12.0. The third-order valence-corrected chi connectivity index (χ3v) is 3.72. The second-order valence-electron chi connectivity index (χ2n) is 5.82. The molecule has 0 saturated heterocycles. The van der Waals surface area contributed by atoms with E-state index in [2.05, 4.69) is 27.8 Å². The molecule has 6 heteroatoms. The number of benzene rings is 2. The Morgan fingerprint density at radius 1 is 1.00 bits per heavy atom. The van der Waals surface area contributed by atoms with E-state index in [0.29, 0.717) is 24.6 Å². The molecule has 0 spiro atoms. The van der Waals surface area contributed by atoms with E-state index in [1.54, 1.807) is 6.07 Å². The number of hydrogen-bond donors (Lipinski definition) is 3. The van der Waals surface area contributed by atoms with Gasteiger partial charge in [0.25, 0.3) is 5.91 Å². The molecule has 0 atom stereocenters. The van der Waals surface area contributed by atoms with Gasteiger partial charge in [0.05, 0.1) is 6.54 Å². The Morgan fingerprint density at radius 3 is 2.46 bits per heavy atom. The van der Waals surface area contributed by atoms with Crippen molar-refractivity contribution in [1.82, 2.24) is 10.6 Å². The van der Waals surface area contributed by atoms with E-state index in [9.17, 15) is 4.79 Å². The second kappa shape index (κ2) is 12.3. The molecule has 0 bridgehead atoms. The van der Waals surface area contributed by atoms with Gasteiger partial charge in [-0.05, 0) is 36.1 Å². The summed E-state index contributed by atoms with van der Waals surface area (Å²) >= 11 is 0. The maximum Gasteiger partial charge on any atom is 0.251 e. The number of nitrogens with zero attached hydrogens (tertiary/aromatic N) is 1. The summed E-state index contributed by atoms with van der Waals surface area (Å²) in [4.78, 5) is 16.3. The molecule has 2 rings (SSSR count). The molecule has 1 amide bonds. The number of aliphatic imine (C=N–C) groups is 1. The third-order valence-electron chi connectivity index (χ3n) is 3.72. The number of guanidine groups is 1. The molecule has 5 nitrogen and oxygen atoms in total. The Balaban J connectivity index is 0.00000338.